The van der Waals surface area contributed by atoms with E-state index in [1.807, 2.05) is 30.3 Å². The van der Waals surface area contributed by atoms with Crippen molar-refractivity contribution in [1.82, 2.24) is 0 Å². The molecule has 0 fully saturated rings. The van der Waals surface area contributed by atoms with Crippen LogP contribution in [0.25, 0.3) is 11.3 Å². The van der Waals surface area contributed by atoms with Gasteiger partial charge >= 0.3 is 0 Å². The zero-order chi connectivity index (χ0) is 17.1. The summed E-state index contributed by atoms with van der Waals surface area (Å²) in [6.45, 7) is 0. The summed E-state index contributed by atoms with van der Waals surface area (Å²) in [6.07, 6.45) is 2.08. The van der Waals surface area contributed by atoms with Crippen molar-refractivity contribution in [3.63, 3.8) is 0 Å². The maximum Gasteiger partial charge on any atom is 0.281 e. The van der Waals surface area contributed by atoms with E-state index in [-0.39, 0.29) is 10.6 Å². The molecule has 3 aromatic rings. The maximum atomic E-state index is 11.5. The molecule has 1 heterocycles. The minimum atomic E-state index is -0.389. The van der Waals surface area contributed by atoms with Crippen molar-refractivity contribution >= 4 is 21.6 Å². The first kappa shape index (κ1) is 16.3. The lowest BCUT2D eigenvalue weighted by molar-refractivity contribution is -0.384. The number of methoxy groups -OCH3 is 1. The van der Waals surface area contributed by atoms with Gasteiger partial charge in [-0.3, -0.25) is 10.1 Å². The van der Waals surface area contributed by atoms with Crippen LogP contribution in [0, 0.1) is 10.1 Å². The number of ether oxygens (including phenoxy) is 1. The molecule has 122 valence electrons. The first-order valence-corrected chi connectivity index (χ1v) is 8.01. The Morgan fingerprint density at radius 3 is 2.50 bits per heavy atom. The van der Waals surface area contributed by atoms with Gasteiger partial charge in [0, 0.05) is 10.5 Å². The molecule has 0 amide bonds. The highest BCUT2D eigenvalue weighted by Gasteiger charge is 2.22. The third-order valence-corrected chi connectivity index (χ3v) is 4.29. The normalized spacial score (nSPS) is 10.6. The van der Waals surface area contributed by atoms with Gasteiger partial charge in [-0.1, -0.05) is 12.1 Å². The predicted octanol–water partition coefficient (Wildman–Crippen LogP) is 5.22. The van der Waals surface area contributed by atoms with Crippen LogP contribution in [-0.2, 0) is 6.42 Å². The summed E-state index contributed by atoms with van der Waals surface area (Å²) in [5, 5.41) is 11.5. The van der Waals surface area contributed by atoms with Gasteiger partial charge in [0.2, 0.25) is 0 Å². The zero-order valence-electron chi connectivity index (χ0n) is 12.9. The molecule has 6 heteroatoms. The number of nitrogens with zero attached hydrogens (tertiary/aromatic N) is 1. The fourth-order valence-electron chi connectivity index (χ4n) is 2.54. The lowest BCUT2D eigenvalue weighted by atomic mass is 10.0. The topological polar surface area (TPSA) is 65.5 Å². The molecule has 2 aromatic carbocycles. The number of furan rings is 1. The van der Waals surface area contributed by atoms with E-state index >= 15 is 0 Å². The summed E-state index contributed by atoms with van der Waals surface area (Å²) in [7, 11) is 1.61. The molecule has 0 spiro atoms. The molecule has 0 N–H and O–H groups in total. The fraction of sp³-hybridized carbons (Fsp3) is 0.111. The molecule has 0 bridgehead atoms. The largest absolute Gasteiger partial charge is 0.497 e. The Morgan fingerprint density at radius 2 is 1.92 bits per heavy atom. The molecule has 0 saturated heterocycles. The Hall–Kier alpha value is -2.60. The van der Waals surface area contributed by atoms with Crippen molar-refractivity contribution in [2.75, 3.05) is 7.11 Å². The number of benzene rings is 2. The third-order valence-electron chi connectivity index (χ3n) is 3.66. The number of nitro benzene ring substituents is 1. The molecule has 0 atom stereocenters. The van der Waals surface area contributed by atoms with E-state index in [0.29, 0.717) is 22.2 Å². The van der Waals surface area contributed by atoms with Crippen molar-refractivity contribution in [3.8, 4) is 17.1 Å². The second-order valence-corrected chi connectivity index (χ2v) is 6.09. The van der Waals surface area contributed by atoms with E-state index in [1.54, 1.807) is 25.3 Å². The Balaban J connectivity index is 1.99. The van der Waals surface area contributed by atoms with Gasteiger partial charge in [0.1, 0.15) is 17.1 Å². The standard InChI is InChI=1S/C18H14BrNO4/c1-23-14-6-4-12(5-7-14)9-13-10-15(19)18(16(11-13)20(21)22)17-3-2-8-24-17/h2-8,10-11H,9H2,1H3. The van der Waals surface area contributed by atoms with Gasteiger partial charge in [-0.05, 0) is 63.8 Å². The average Bonchev–Trinajstić information content (AvgIpc) is 3.09. The van der Waals surface area contributed by atoms with Gasteiger partial charge < -0.3 is 9.15 Å². The van der Waals surface area contributed by atoms with Gasteiger partial charge in [-0.15, -0.1) is 0 Å². The highest BCUT2D eigenvalue weighted by atomic mass is 79.9. The Kier molecular flexibility index (Phi) is 4.66. The average molecular weight is 388 g/mol. The van der Waals surface area contributed by atoms with Gasteiger partial charge in [0.05, 0.1) is 18.3 Å². The molecule has 5 nitrogen and oxygen atoms in total. The molecule has 3 rings (SSSR count). The van der Waals surface area contributed by atoms with E-state index in [2.05, 4.69) is 15.9 Å². The molecular weight excluding hydrogens is 374 g/mol. The second-order valence-electron chi connectivity index (χ2n) is 5.23. The third kappa shape index (κ3) is 3.33. The predicted molar refractivity (Wildman–Crippen MR) is 94.3 cm³/mol. The molecule has 0 aliphatic heterocycles. The van der Waals surface area contributed by atoms with Crippen LogP contribution in [0.15, 0.2) is 63.7 Å². The summed E-state index contributed by atoms with van der Waals surface area (Å²) in [5.41, 5.74) is 2.35. The number of rotatable bonds is 5. The molecule has 0 radical (unpaired) electrons. The van der Waals surface area contributed by atoms with Crippen molar-refractivity contribution in [3.05, 3.63) is 80.5 Å². The minimum Gasteiger partial charge on any atom is -0.497 e. The van der Waals surface area contributed by atoms with E-state index in [1.165, 1.54) is 6.26 Å². The van der Waals surface area contributed by atoms with Gasteiger partial charge in [-0.25, -0.2) is 0 Å². The van der Waals surface area contributed by atoms with Crippen LogP contribution in [0.2, 0.25) is 0 Å². The highest BCUT2D eigenvalue weighted by Crippen LogP contribution is 2.38. The first-order valence-electron chi connectivity index (χ1n) is 7.22. The van der Waals surface area contributed by atoms with Crippen LogP contribution < -0.4 is 4.74 Å². The maximum absolute atomic E-state index is 11.5. The lowest BCUT2D eigenvalue weighted by Crippen LogP contribution is -1.96. The Morgan fingerprint density at radius 1 is 1.17 bits per heavy atom. The molecule has 24 heavy (non-hydrogen) atoms. The van der Waals surface area contributed by atoms with Gasteiger partial charge in [-0.2, -0.15) is 0 Å². The molecule has 0 unspecified atom stereocenters. The van der Waals surface area contributed by atoms with Gasteiger partial charge in [0.15, 0.2) is 0 Å². The summed E-state index contributed by atoms with van der Waals surface area (Å²) >= 11 is 3.44. The number of nitro groups is 1. The smallest absolute Gasteiger partial charge is 0.281 e. The second kappa shape index (κ2) is 6.88. The number of hydrogen-bond donors (Lipinski definition) is 0. The monoisotopic (exact) mass is 387 g/mol. The van der Waals surface area contributed by atoms with Crippen molar-refractivity contribution in [2.24, 2.45) is 0 Å². The fourth-order valence-corrected chi connectivity index (χ4v) is 3.23. The van der Waals surface area contributed by atoms with Crippen LogP contribution in [0.4, 0.5) is 5.69 Å². The van der Waals surface area contributed by atoms with Crippen LogP contribution >= 0.6 is 15.9 Å². The summed E-state index contributed by atoms with van der Waals surface area (Å²) in [4.78, 5) is 11.1. The molecular formula is C18H14BrNO4. The van der Waals surface area contributed by atoms with Crippen molar-refractivity contribution in [2.45, 2.75) is 6.42 Å². The Bertz CT molecular complexity index is 857. The van der Waals surface area contributed by atoms with E-state index < -0.39 is 0 Å². The zero-order valence-corrected chi connectivity index (χ0v) is 14.4. The summed E-state index contributed by atoms with van der Waals surface area (Å²) in [5.74, 6) is 1.24. The number of hydrogen-bond acceptors (Lipinski definition) is 4. The summed E-state index contributed by atoms with van der Waals surface area (Å²) in [6, 6.07) is 14.5. The SMILES string of the molecule is COc1ccc(Cc2cc(Br)c(-c3ccco3)c([N+](=O)[O-])c2)cc1. The van der Waals surface area contributed by atoms with Gasteiger partial charge in [0.25, 0.3) is 5.69 Å². The molecule has 1 aromatic heterocycles. The Labute approximate surface area is 147 Å². The number of halogens is 1. The lowest BCUT2D eigenvalue weighted by Gasteiger charge is -2.08. The molecule has 0 saturated carbocycles. The van der Waals surface area contributed by atoms with E-state index in [4.69, 9.17) is 9.15 Å². The van der Waals surface area contributed by atoms with Crippen LogP contribution in [0.1, 0.15) is 11.1 Å². The van der Waals surface area contributed by atoms with Crippen LogP contribution in [0.5, 0.6) is 5.75 Å². The van der Waals surface area contributed by atoms with Crippen LogP contribution in [0.3, 0.4) is 0 Å². The van der Waals surface area contributed by atoms with E-state index in [9.17, 15) is 10.1 Å². The van der Waals surface area contributed by atoms with Crippen LogP contribution in [-0.4, -0.2) is 12.0 Å². The molecule has 0 aliphatic carbocycles. The van der Waals surface area contributed by atoms with Crippen molar-refractivity contribution < 1.29 is 14.1 Å². The molecule has 0 aliphatic rings. The quantitative estimate of drug-likeness (QED) is 0.444. The summed E-state index contributed by atoms with van der Waals surface area (Å²) < 4.78 is 11.1. The van der Waals surface area contributed by atoms with E-state index in [0.717, 1.165) is 16.9 Å². The highest BCUT2D eigenvalue weighted by molar-refractivity contribution is 9.10. The first-order chi connectivity index (χ1) is 11.6. The minimum absolute atomic E-state index is 0.0165. The van der Waals surface area contributed by atoms with Crippen molar-refractivity contribution in [1.29, 1.82) is 0 Å².